The molecule has 1 saturated heterocycles. The van der Waals surface area contributed by atoms with E-state index in [-0.39, 0.29) is 24.6 Å². The van der Waals surface area contributed by atoms with Crippen molar-refractivity contribution in [3.05, 3.63) is 23.7 Å². The number of carbonyl (C=O) groups is 1. The Morgan fingerprint density at radius 1 is 1.62 bits per heavy atom. The molecule has 1 fully saturated rings. The average Bonchev–Trinajstić information content (AvgIpc) is 3.15. The molecule has 2 rings (SSSR count). The van der Waals surface area contributed by atoms with Crippen molar-refractivity contribution in [1.29, 1.82) is 0 Å². The first-order chi connectivity index (χ1) is 10.2. The number of aryl methyl sites for hydroxylation is 1. The zero-order chi connectivity index (χ0) is 15.2. The lowest BCUT2D eigenvalue weighted by Gasteiger charge is -2.21. The number of methoxy groups -OCH3 is 1. The first-order valence-corrected chi connectivity index (χ1v) is 7.41. The number of urea groups is 1. The van der Waals surface area contributed by atoms with Gasteiger partial charge < -0.3 is 24.5 Å². The topological polar surface area (TPSA) is 74.9 Å². The summed E-state index contributed by atoms with van der Waals surface area (Å²) in [7, 11) is 1.60. The van der Waals surface area contributed by atoms with Crippen LogP contribution in [0.1, 0.15) is 30.9 Å². The second-order valence-corrected chi connectivity index (χ2v) is 5.40. The summed E-state index contributed by atoms with van der Waals surface area (Å²) in [5, 5.41) is 12.1. The lowest BCUT2D eigenvalue weighted by molar-refractivity contribution is 0.148. The minimum Gasteiger partial charge on any atom is -0.464 e. The third-order valence-corrected chi connectivity index (χ3v) is 3.84. The second-order valence-electron chi connectivity index (χ2n) is 5.40. The van der Waals surface area contributed by atoms with Gasteiger partial charge in [-0.1, -0.05) is 6.92 Å². The largest absolute Gasteiger partial charge is 0.464 e. The van der Waals surface area contributed by atoms with Crippen molar-refractivity contribution in [1.82, 2.24) is 10.2 Å². The van der Waals surface area contributed by atoms with Gasteiger partial charge in [-0.15, -0.1) is 0 Å². The van der Waals surface area contributed by atoms with Crippen LogP contribution in [0, 0.1) is 5.92 Å². The van der Waals surface area contributed by atoms with Gasteiger partial charge in [0.15, 0.2) is 0 Å². The van der Waals surface area contributed by atoms with Crippen LogP contribution in [0.4, 0.5) is 4.79 Å². The van der Waals surface area contributed by atoms with E-state index >= 15 is 0 Å². The highest BCUT2D eigenvalue weighted by Crippen LogP contribution is 2.20. The maximum atomic E-state index is 12.3. The van der Waals surface area contributed by atoms with Crippen LogP contribution in [0.2, 0.25) is 0 Å². The van der Waals surface area contributed by atoms with Gasteiger partial charge in [-0.05, 0) is 18.6 Å². The van der Waals surface area contributed by atoms with Gasteiger partial charge in [-0.25, -0.2) is 4.79 Å². The standard InChI is InChI=1S/C15H24N2O4/c1-3-12-4-5-14(21-12)13(10-20-2)16-15(19)17-7-6-11(8-17)9-18/h4-5,11,13,18H,3,6-10H2,1-2H3,(H,16,19). The summed E-state index contributed by atoms with van der Waals surface area (Å²) < 4.78 is 10.9. The van der Waals surface area contributed by atoms with Gasteiger partial charge in [0.25, 0.3) is 0 Å². The van der Waals surface area contributed by atoms with Crippen molar-refractivity contribution in [2.45, 2.75) is 25.8 Å². The minimum absolute atomic E-state index is 0.128. The Morgan fingerprint density at radius 2 is 2.43 bits per heavy atom. The molecule has 2 N–H and O–H groups in total. The Morgan fingerprint density at radius 3 is 3.00 bits per heavy atom. The number of rotatable bonds is 6. The van der Waals surface area contributed by atoms with Crippen molar-refractivity contribution in [2.75, 3.05) is 33.4 Å². The number of nitrogens with zero attached hydrogens (tertiary/aromatic N) is 1. The summed E-state index contributed by atoms with van der Waals surface area (Å²) in [5.74, 6) is 1.79. The molecule has 0 aromatic carbocycles. The van der Waals surface area contributed by atoms with Gasteiger partial charge in [0.1, 0.15) is 17.6 Å². The van der Waals surface area contributed by atoms with E-state index in [9.17, 15) is 4.79 Å². The molecule has 1 aliphatic rings. The minimum atomic E-state index is -0.295. The lowest BCUT2D eigenvalue weighted by Crippen LogP contribution is -2.41. The third kappa shape index (κ3) is 3.98. The predicted molar refractivity (Wildman–Crippen MR) is 78.0 cm³/mol. The molecule has 6 heteroatoms. The molecule has 1 aromatic heterocycles. The zero-order valence-electron chi connectivity index (χ0n) is 12.7. The molecule has 1 aromatic rings. The van der Waals surface area contributed by atoms with Gasteiger partial charge in [0, 0.05) is 39.1 Å². The number of aliphatic hydroxyl groups is 1. The zero-order valence-corrected chi connectivity index (χ0v) is 12.7. The molecule has 0 bridgehead atoms. The number of carbonyl (C=O) groups excluding carboxylic acids is 1. The molecule has 21 heavy (non-hydrogen) atoms. The normalized spacial score (nSPS) is 19.8. The first kappa shape index (κ1) is 15.9. The molecule has 0 saturated carbocycles. The molecule has 2 amide bonds. The smallest absolute Gasteiger partial charge is 0.318 e. The van der Waals surface area contributed by atoms with Gasteiger partial charge in [0.2, 0.25) is 0 Å². The van der Waals surface area contributed by atoms with Crippen LogP contribution in [0.5, 0.6) is 0 Å². The van der Waals surface area contributed by atoms with Crippen LogP contribution in [0.15, 0.2) is 16.5 Å². The van der Waals surface area contributed by atoms with E-state index in [4.69, 9.17) is 14.3 Å². The first-order valence-electron chi connectivity index (χ1n) is 7.41. The van der Waals surface area contributed by atoms with Gasteiger partial charge in [0.05, 0.1) is 6.61 Å². The van der Waals surface area contributed by atoms with Crippen molar-refractivity contribution in [3.8, 4) is 0 Å². The van der Waals surface area contributed by atoms with Crippen LogP contribution in [-0.2, 0) is 11.2 Å². The molecule has 0 spiro atoms. The van der Waals surface area contributed by atoms with Gasteiger partial charge >= 0.3 is 6.03 Å². The fourth-order valence-corrected chi connectivity index (χ4v) is 2.54. The van der Waals surface area contributed by atoms with Crippen molar-refractivity contribution in [2.24, 2.45) is 5.92 Å². The molecular weight excluding hydrogens is 272 g/mol. The molecule has 1 aliphatic heterocycles. The molecule has 2 unspecified atom stereocenters. The Bertz CT molecular complexity index is 460. The second kappa shape index (κ2) is 7.47. The van der Waals surface area contributed by atoms with Crippen molar-refractivity contribution >= 4 is 6.03 Å². The number of aliphatic hydroxyl groups excluding tert-OH is 1. The van der Waals surface area contributed by atoms with Crippen LogP contribution in [0.3, 0.4) is 0 Å². The third-order valence-electron chi connectivity index (χ3n) is 3.84. The molecule has 0 radical (unpaired) electrons. The molecule has 118 valence electrons. The predicted octanol–water partition coefficient (Wildman–Crippen LogP) is 1.55. The number of likely N-dealkylation sites (tertiary alicyclic amines) is 1. The Hall–Kier alpha value is -1.53. The van der Waals surface area contributed by atoms with E-state index in [1.807, 2.05) is 19.1 Å². The molecule has 6 nitrogen and oxygen atoms in total. The van der Waals surface area contributed by atoms with Crippen molar-refractivity contribution < 1.29 is 19.1 Å². The highest BCUT2D eigenvalue weighted by Gasteiger charge is 2.28. The van der Waals surface area contributed by atoms with Crippen LogP contribution in [-0.4, -0.2) is 49.5 Å². The summed E-state index contributed by atoms with van der Waals surface area (Å²) in [6.07, 6.45) is 1.66. The van der Waals surface area contributed by atoms with Crippen LogP contribution in [0.25, 0.3) is 0 Å². The number of hydrogen-bond donors (Lipinski definition) is 2. The Balaban J connectivity index is 1.97. The maximum Gasteiger partial charge on any atom is 0.318 e. The fourth-order valence-electron chi connectivity index (χ4n) is 2.54. The summed E-state index contributed by atoms with van der Waals surface area (Å²) in [5.41, 5.74) is 0. The monoisotopic (exact) mass is 296 g/mol. The summed E-state index contributed by atoms with van der Waals surface area (Å²) >= 11 is 0. The molecule has 0 aliphatic carbocycles. The SMILES string of the molecule is CCc1ccc(C(COC)NC(=O)N2CCC(CO)C2)o1. The van der Waals surface area contributed by atoms with E-state index < -0.39 is 0 Å². The number of hydrogen-bond acceptors (Lipinski definition) is 4. The quantitative estimate of drug-likeness (QED) is 0.835. The van der Waals surface area contributed by atoms with Crippen LogP contribution < -0.4 is 5.32 Å². The highest BCUT2D eigenvalue weighted by atomic mass is 16.5. The van der Waals surface area contributed by atoms with Crippen molar-refractivity contribution in [3.63, 3.8) is 0 Å². The number of furan rings is 1. The summed E-state index contributed by atoms with van der Waals surface area (Å²) in [6.45, 7) is 3.78. The van der Waals surface area contributed by atoms with Crippen LogP contribution >= 0.6 is 0 Å². The summed E-state index contributed by atoms with van der Waals surface area (Å²) in [6, 6.07) is 3.36. The van der Waals surface area contributed by atoms with E-state index in [1.165, 1.54) is 0 Å². The van der Waals surface area contributed by atoms with E-state index in [2.05, 4.69) is 5.32 Å². The molecule has 2 atom stereocenters. The summed E-state index contributed by atoms with van der Waals surface area (Å²) in [4.78, 5) is 14.0. The van der Waals surface area contributed by atoms with E-state index in [0.717, 1.165) is 18.6 Å². The average molecular weight is 296 g/mol. The Labute approximate surface area is 125 Å². The van der Waals surface area contributed by atoms with E-state index in [0.29, 0.717) is 25.5 Å². The number of nitrogens with one attached hydrogen (secondary N) is 1. The molecular formula is C15H24N2O4. The fraction of sp³-hybridized carbons (Fsp3) is 0.667. The Kier molecular flexibility index (Phi) is 5.64. The highest BCUT2D eigenvalue weighted by molar-refractivity contribution is 5.75. The molecule has 2 heterocycles. The maximum absolute atomic E-state index is 12.3. The van der Waals surface area contributed by atoms with Gasteiger partial charge in [-0.2, -0.15) is 0 Å². The van der Waals surface area contributed by atoms with E-state index in [1.54, 1.807) is 12.0 Å². The lowest BCUT2D eigenvalue weighted by atomic mass is 10.1. The number of amides is 2. The van der Waals surface area contributed by atoms with Gasteiger partial charge in [-0.3, -0.25) is 0 Å². The number of ether oxygens (including phenoxy) is 1.